The summed E-state index contributed by atoms with van der Waals surface area (Å²) in [6, 6.07) is 9.01. The van der Waals surface area contributed by atoms with Crippen molar-refractivity contribution in [3.8, 4) is 0 Å². The second-order valence-electron chi connectivity index (χ2n) is 4.38. The van der Waals surface area contributed by atoms with Crippen LogP contribution in [0.4, 0.5) is 0 Å². The summed E-state index contributed by atoms with van der Waals surface area (Å²) in [6.45, 7) is 10.3. The zero-order valence-electron chi connectivity index (χ0n) is 11.0. The van der Waals surface area contributed by atoms with Crippen molar-refractivity contribution >= 4 is 0 Å². The molecule has 90 valence electrons. The Balaban J connectivity index is 0.000000606. The molecule has 0 bridgehead atoms. The van der Waals surface area contributed by atoms with Gasteiger partial charge in [-0.1, -0.05) is 52.0 Å². The van der Waals surface area contributed by atoms with E-state index in [-0.39, 0.29) is 0 Å². The molecule has 1 saturated heterocycles. The molecule has 1 aliphatic rings. The first-order valence-corrected chi connectivity index (χ1v) is 6.45. The minimum Gasteiger partial charge on any atom is -0.381 e. The fourth-order valence-corrected chi connectivity index (χ4v) is 1.95. The maximum Gasteiger partial charge on any atom is 0.0535 e. The molecular formula is C15H24O. The minimum atomic E-state index is 0.629. The highest BCUT2D eigenvalue weighted by molar-refractivity contribution is 5.27. The van der Waals surface area contributed by atoms with Crippen LogP contribution >= 0.6 is 0 Å². The molecule has 0 N–H and O–H groups in total. The van der Waals surface area contributed by atoms with Crippen LogP contribution in [0.15, 0.2) is 24.3 Å². The van der Waals surface area contributed by atoms with Gasteiger partial charge in [-0.25, -0.2) is 0 Å². The molecule has 0 spiro atoms. The predicted octanol–water partition coefficient (Wildman–Crippen LogP) is 4.34. The molecule has 0 aromatic heterocycles. The molecular weight excluding hydrogens is 196 g/mol. The zero-order chi connectivity index (χ0) is 12.0. The van der Waals surface area contributed by atoms with Gasteiger partial charge in [0.15, 0.2) is 0 Å². The average Bonchev–Trinajstić information content (AvgIpc) is 2.85. The van der Waals surface area contributed by atoms with Gasteiger partial charge in [0, 0.05) is 12.5 Å². The topological polar surface area (TPSA) is 9.23 Å². The number of benzene rings is 1. The van der Waals surface area contributed by atoms with Crippen LogP contribution < -0.4 is 0 Å². The molecule has 16 heavy (non-hydrogen) atoms. The van der Waals surface area contributed by atoms with Gasteiger partial charge < -0.3 is 4.74 Å². The van der Waals surface area contributed by atoms with Crippen molar-refractivity contribution in [2.75, 3.05) is 13.2 Å². The Kier molecular flexibility index (Phi) is 5.54. The Bertz CT molecular complexity index is 281. The Labute approximate surface area is 99.8 Å². The van der Waals surface area contributed by atoms with Gasteiger partial charge >= 0.3 is 0 Å². The van der Waals surface area contributed by atoms with Crippen LogP contribution in [0, 0.1) is 0 Å². The molecule has 0 radical (unpaired) electrons. The van der Waals surface area contributed by atoms with Gasteiger partial charge in [-0.15, -0.1) is 0 Å². The zero-order valence-corrected chi connectivity index (χ0v) is 11.0. The van der Waals surface area contributed by atoms with E-state index in [9.17, 15) is 0 Å². The third kappa shape index (κ3) is 3.34. The summed E-state index contributed by atoms with van der Waals surface area (Å²) < 4.78 is 5.39. The Morgan fingerprint density at radius 1 is 1.12 bits per heavy atom. The van der Waals surface area contributed by atoms with Crippen LogP contribution in [0.3, 0.4) is 0 Å². The lowest BCUT2D eigenvalue weighted by Gasteiger charge is -2.10. The number of hydrogen-bond donors (Lipinski definition) is 0. The fraction of sp³-hybridized carbons (Fsp3) is 0.600. The van der Waals surface area contributed by atoms with Crippen molar-refractivity contribution < 1.29 is 4.74 Å². The molecule has 1 unspecified atom stereocenters. The summed E-state index contributed by atoms with van der Waals surface area (Å²) in [5.74, 6) is 1.26. The van der Waals surface area contributed by atoms with Crippen molar-refractivity contribution in [2.45, 2.75) is 46.0 Å². The lowest BCUT2D eigenvalue weighted by atomic mass is 9.95. The minimum absolute atomic E-state index is 0.629. The van der Waals surface area contributed by atoms with Gasteiger partial charge in [-0.2, -0.15) is 0 Å². The third-order valence-electron chi connectivity index (χ3n) is 3.00. The summed E-state index contributed by atoms with van der Waals surface area (Å²) in [5.41, 5.74) is 2.86. The van der Waals surface area contributed by atoms with Gasteiger partial charge in [-0.05, 0) is 23.5 Å². The number of rotatable bonds is 2. The van der Waals surface area contributed by atoms with E-state index in [4.69, 9.17) is 4.74 Å². The van der Waals surface area contributed by atoms with E-state index in [1.807, 2.05) is 13.8 Å². The fourth-order valence-electron chi connectivity index (χ4n) is 1.95. The molecule has 0 amide bonds. The Hall–Kier alpha value is -0.820. The molecule has 1 fully saturated rings. The van der Waals surface area contributed by atoms with E-state index in [1.54, 1.807) is 0 Å². The summed E-state index contributed by atoms with van der Waals surface area (Å²) >= 11 is 0. The van der Waals surface area contributed by atoms with E-state index in [2.05, 4.69) is 38.1 Å². The molecule has 1 aromatic rings. The van der Waals surface area contributed by atoms with Gasteiger partial charge in [-0.3, -0.25) is 0 Å². The normalized spacial score (nSPS) is 19.4. The van der Waals surface area contributed by atoms with Crippen LogP contribution in [0.25, 0.3) is 0 Å². The lowest BCUT2D eigenvalue weighted by molar-refractivity contribution is 0.194. The molecule has 1 heteroatoms. The molecule has 1 heterocycles. The first kappa shape index (κ1) is 13.2. The summed E-state index contributed by atoms with van der Waals surface area (Å²) in [5, 5.41) is 0. The van der Waals surface area contributed by atoms with Crippen molar-refractivity contribution in [1.82, 2.24) is 0 Å². The quantitative estimate of drug-likeness (QED) is 0.720. The SMILES string of the molecule is CC.CC(C)c1ccc(C2CCOC2)cc1. The molecule has 1 aromatic carbocycles. The molecule has 1 aliphatic heterocycles. The summed E-state index contributed by atoms with van der Waals surface area (Å²) in [4.78, 5) is 0. The van der Waals surface area contributed by atoms with Gasteiger partial charge in [0.25, 0.3) is 0 Å². The van der Waals surface area contributed by atoms with Crippen LogP contribution in [0.5, 0.6) is 0 Å². The molecule has 0 saturated carbocycles. The Morgan fingerprint density at radius 3 is 2.19 bits per heavy atom. The smallest absolute Gasteiger partial charge is 0.0535 e. The van der Waals surface area contributed by atoms with Crippen molar-refractivity contribution in [2.24, 2.45) is 0 Å². The van der Waals surface area contributed by atoms with Gasteiger partial charge in [0.05, 0.1) is 6.61 Å². The van der Waals surface area contributed by atoms with E-state index in [0.717, 1.165) is 13.2 Å². The van der Waals surface area contributed by atoms with Gasteiger partial charge in [0.2, 0.25) is 0 Å². The van der Waals surface area contributed by atoms with Crippen LogP contribution in [0.2, 0.25) is 0 Å². The average molecular weight is 220 g/mol. The molecule has 1 atom stereocenters. The third-order valence-corrected chi connectivity index (χ3v) is 3.00. The highest BCUT2D eigenvalue weighted by Gasteiger charge is 2.17. The van der Waals surface area contributed by atoms with E-state index in [1.165, 1.54) is 17.5 Å². The van der Waals surface area contributed by atoms with Crippen LogP contribution in [-0.2, 0) is 4.74 Å². The highest BCUT2D eigenvalue weighted by atomic mass is 16.5. The van der Waals surface area contributed by atoms with Crippen LogP contribution in [-0.4, -0.2) is 13.2 Å². The van der Waals surface area contributed by atoms with Crippen LogP contribution in [0.1, 0.15) is 57.1 Å². The van der Waals surface area contributed by atoms with E-state index in [0.29, 0.717) is 11.8 Å². The van der Waals surface area contributed by atoms with Gasteiger partial charge in [0.1, 0.15) is 0 Å². The molecule has 0 aliphatic carbocycles. The standard InChI is InChI=1S/C13H18O.C2H6/c1-10(2)11-3-5-12(6-4-11)13-7-8-14-9-13;1-2/h3-6,10,13H,7-9H2,1-2H3;1-2H3. The maximum absolute atomic E-state index is 5.39. The lowest BCUT2D eigenvalue weighted by Crippen LogP contribution is -1.97. The largest absolute Gasteiger partial charge is 0.381 e. The maximum atomic E-state index is 5.39. The summed E-state index contributed by atoms with van der Waals surface area (Å²) in [6.07, 6.45) is 1.18. The van der Waals surface area contributed by atoms with Crippen molar-refractivity contribution in [1.29, 1.82) is 0 Å². The van der Waals surface area contributed by atoms with Crippen molar-refractivity contribution in [3.63, 3.8) is 0 Å². The number of ether oxygens (including phenoxy) is 1. The Morgan fingerprint density at radius 2 is 1.75 bits per heavy atom. The van der Waals surface area contributed by atoms with E-state index >= 15 is 0 Å². The monoisotopic (exact) mass is 220 g/mol. The number of hydrogen-bond acceptors (Lipinski definition) is 1. The second-order valence-corrected chi connectivity index (χ2v) is 4.38. The molecule has 1 nitrogen and oxygen atoms in total. The predicted molar refractivity (Wildman–Crippen MR) is 70.1 cm³/mol. The van der Waals surface area contributed by atoms with Crippen molar-refractivity contribution in [3.05, 3.63) is 35.4 Å². The first-order valence-electron chi connectivity index (χ1n) is 6.45. The highest BCUT2D eigenvalue weighted by Crippen LogP contribution is 2.26. The first-order chi connectivity index (χ1) is 7.77. The molecule has 2 rings (SSSR count). The van der Waals surface area contributed by atoms with E-state index < -0.39 is 0 Å². The second kappa shape index (κ2) is 6.70. The summed E-state index contributed by atoms with van der Waals surface area (Å²) in [7, 11) is 0.